The highest BCUT2D eigenvalue weighted by Crippen LogP contribution is 2.23. The molecule has 4 aromatic rings. The lowest BCUT2D eigenvalue weighted by atomic mass is 10.2. The number of anilines is 2. The van der Waals surface area contributed by atoms with Crippen LogP contribution in [0, 0.1) is 0 Å². The van der Waals surface area contributed by atoms with E-state index in [1.807, 2.05) is 30.3 Å². The minimum Gasteiger partial charge on any atom is -0.457 e. The van der Waals surface area contributed by atoms with Crippen LogP contribution in [-0.4, -0.2) is 19.3 Å². The molecule has 0 bridgehead atoms. The van der Waals surface area contributed by atoms with E-state index in [0.29, 0.717) is 22.7 Å². The fourth-order valence-electron chi connectivity index (χ4n) is 2.69. The van der Waals surface area contributed by atoms with Crippen molar-refractivity contribution in [3.8, 4) is 11.5 Å². The summed E-state index contributed by atoms with van der Waals surface area (Å²) < 4.78 is 33.0. The van der Waals surface area contributed by atoms with Crippen LogP contribution in [0.1, 0.15) is 10.4 Å². The van der Waals surface area contributed by atoms with Crippen molar-refractivity contribution in [1.29, 1.82) is 0 Å². The molecular weight excluding hydrogens is 434 g/mol. The van der Waals surface area contributed by atoms with Gasteiger partial charge in [0.05, 0.1) is 4.90 Å². The summed E-state index contributed by atoms with van der Waals surface area (Å²) in [4.78, 5) is 16.6. The number of thiazole rings is 1. The SMILES string of the molecule is O=C(Nc1ccc(S(=O)(=O)Nc2nccs2)cc1)c1cccc(Oc2ccccc2)c1. The standard InChI is InChI=1S/C22H17N3O4S2/c26-21(16-5-4-8-19(15-16)29-18-6-2-1-3-7-18)24-17-9-11-20(12-10-17)31(27,28)25-22-23-13-14-30-22/h1-15H,(H,23,25)(H,24,26). The van der Waals surface area contributed by atoms with E-state index in [0.717, 1.165) is 0 Å². The Bertz CT molecular complexity index is 1270. The first-order valence-corrected chi connectivity index (χ1v) is 11.5. The largest absolute Gasteiger partial charge is 0.457 e. The number of ether oxygens (including phenoxy) is 1. The Balaban J connectivity index is 1.43. The van der Waals surface area contributed by atoms with Crippen molar-refractivity contribution in [2.45, 2.75) is 4.90 Å². The zero-order valence-corrected chi connectivity index (χ0v) is 17.7. The van der Waals surface area contributed by atoms with Crippen molar-refractivity contribution in [2.24, 2.45) is 0 Å². The number of benzene rings is 3. The number of hydrogen-bond acceptors (Lipinski definition) is 6. The number of hydrogen-bond donors (Lipinski definition) is 2. The second-order valence-corrected chi connectivity index (χ2v) is 8.94. The Kier molecular flexibility index (Phi) is 5.96. The number of rotatable bonds is 7. The lowest BCUT2D eigenvalue weighted by Crippen LogP contribution is -2.14. The summed E-state index contributed by atoms with van der Waals surface area (Å²) in [6.45, 7) is 0. The molecule has 0 unspecified atom stereocenters. The summed E-state index contributed by atoms with van der Waals surface area (Å²) in [5.41, 5.74) is 0.878. The average molecular weight is 452 g/mol. The molecule has 7 nitrogen and oxygen atoms in total. The van der Waals surface area contributed by atoms with Crippen LogP contribution in [0.3, 0.4) is 0 Å². The first-order valence-electron chi connectivity index (χ1n) is 9.16. The number of para-hydroxylation sites is 1. The van der Waals surface area contributed by atoms with Gasteiger partial charge >= 0.3 is 0 Å². The maximum atomic E-state index is 12.6. The summed E-state index contributed by atoms with van der Waals surface area (Å²) in [5.74, 6) is 0.867. The van der Waals surface area contributed by atoms with E-state index in [-0.39, 0.29) is 15.9 Å². The number of aromatic nitrogens is 1. The summed E-state index contributed by atoms with van der Waals surface area (Å²) in [6.07, 6.45) is 1.51. The summed E-state index contributed by atoms with van der Waals surface area (Å²) in [5, 5.41) is 4.72. The third-order valence-electron chi connectivity index (χ3n) is 4.15. The molecule has 3 aromatic carbocycles. The Morgan fingerprint density at radius 2 is 1.65 bits per heavy atom. The highest BCUT2D eigenvalue weighted by atomic mass is 32.2. The number of carbonyl (C=O) groups is 1. The highest BCUT2D eigenvalue weighted by Gasteiger charge is 2.16. The average Bonchev–Trinajstić information content (AvgIpc) is 3.27. The molecule has 0 spiro atoms. The quantitative estimate of drug-likeness (QED) is 0.413. The first-order chi connectivity index (χ1) is 15.0. The van der Waals surface area contributed by atoms with E-state index in [1.54, 1.807) is 29.6 Å². The third kappa shape index (κ3) is 5.27. The third-order valence-corrected chi connectivity index (χ3v) is 6.32. The van der Waals surface area contributed by atoms with E-state index >= 15 is 0 Å². The summed E-state index contributed by atoms with van der Waals surface area (Å²) in [6, 6.07) is 22.0. The normalized spacial score (nSPS) is 11.0. The predicted octanol–water partition coefficient (Wildman–Crippen LogP) is 4.99. The molecule has 31 heavy (non-hydrogen) atoms. The van der Waals surface area contributed by atoms with E-state index in [9.17, 15) is 13.2 Å². The summed E-state index contributed by atoms with van der Waals surface area (Å²) in [7, 11) is -3.75. The molecule has 0 saturated heterocycles. The van der Waals surface area contributed by atoms with Crippen LogP contribution in [0.15, 0.2) is 95.3 Å². The van der Waals surface area contributed by atoms with Crippen LogP contribution in [0.2, 0.25) is 0 Å². The van der Waals surface area contributed by atoms with E-state index in [2.05, 4.69) is 15.0 Å². The zero-order valence-electron chi connectivity index (χ0n) is 16.1. The highest BCUT2D eigenvalue weighted by molar-refractivity contribution is 7.93. The van der Waals surface area contributed by atoms with Crippen LogP contribution >= 0.6 is 11.3 Å². The molecule has 1 amide bonds. The van der Waals surface area contributed by atoms with Gasteiger partial charge in [0, 0.05) is 22.8 Å². The van der Waals surface area contributed by atoms with Crippen LogP contribution in [-0.2, 0) is 10.0 Å². The van der Waals surface area contributed by atoms with Gasteiger partial charge in [0.2, 0.25) is 0 Å². The Labute approximate surface area is 183 Å². The van der Waals surface area contributed by atoms with Crippen molar-refractivity contribution in [3.05, 3.63) is 96.0 Å². The smallest absolute Gasteiger partial charge is 0.263 e. The monoisotopic (exact) mass is 451 g/mol. The zero-order chi connectivity index (χ0) is 21.7. The molecule has 0 aliphatic carbocycles. The second-order valence-electron chi connectivity index (χ2n) is 6.36. The maximum Gasteiger partial charge on any atom is 0.263 e. The van der Waals surface area contributed by atoms with Crippen molar-refractivity contribution >= 4 is 38.1 Å². The summed E-state index contributed by atoms with van der Waals surface area (Å²) >= 11 is 1.19. The van der Waals surface area contributed by atoms with E-state index in [4.69, 9.17) is 4.74 Å². The lowest BCUT2D eigenvalue weighted by Gasteiger charge is -2.09. The molecule has 156 valence electrons. The molecule has 2 N–H and O–H groups in total. The van der Waals surface area contributed by atoms with E-state index < -0.39 is 10.0 Å². The Morgan fingerprint density at radius 1 is 0.903 bits per heavy atom. The number of amides is 1. The van der Waals surface area contributed by atoms with E-state index in [1.165, 1.54) is 41.8 Å². The molecule has 0 aliphatic rings. The van der Waals surface area contributed by atoms with Gasteiger partial charge in [-0.05, 0) is 54.6 Å². The van der Waals surface area contributed by atoms with Gasteiger partial charge < -0.3 is 10.1 Å². The number of sulfonamides is 1. The van der Waals surface area contributed by atoms with Gasteiger partial charge in [0.15, 0.2) is 5.13 Å². The molecule has 0 radical (unpaired) electrons. The Hall–Kier alpha value is -3.69. The minimum absolute atomic E-state index is 0.0685. The molecular formula is C22H17N3O4S2. The van der Waals surface area contributed by atoms with Crippen LogP contribution < -0.4 is 14.8 Å². The van der Waals surface area contributed by atoms with Crippen LogP contribution in [0.5, 0.6) is 11.5 Å². The predicted molar refractivity (Wildman–Crippen MR) is 120 cm³/mol. The van der Waals surface area contributed by atoms with Crippen molar-refractivity contribution in [2.75, 3.05) is 10.0 Å². The van der Waals surface area contributed by atoms with Gasteiger partial charge in [-0.3, -0.25) is 9.52 Å². The van der Waals surface area contributed by atoms with Crippen LogP contribution in [0.4, 0.5) is 10.8 Å². The molecule has 0 fully saturated rings. The second kappa shape index (κ2) is 8.99. The van der Waals surface area contributed by atoms with Gasteiger partial charge in [0.25, 0.3) is 15.9 Å². The number of nitrogens with one attached hydrogen (secondary N) is 2. The molecule has 9 heteroatoms. The topological polar surface area (TPSA) is 97.4 Å². The molecule has 0 aliphatic heterocycles. The van der Waals surface area contributed by atoms with Gasteiger partial charge in [-0.15, -0.1) is 11.3 Å². The van der Waals surface area contributed by atoms with Gasteiger partial charge in [-0.2, -0.15) is 0 Å². The maximum absolute atomic E-state index is 12.6. The minimum atomic E-state index is -3.75. The molecule has 1 heterocycles. The molecule has 1 aromatic heterocycles. The first kappa shape index (κ1) is 20.6. The number of carbonyl (C=O) groups excluding carboxylic acids is 1. The fraction of sp³-hybridized carbons (Fsp3) is 0. The van der Waals surface area contributed by atoms with Gasteiger partial charge in [-0.25, -0.2) is 13.4 Å². The van der Waals surface area contributed by atoms with Crippen molar-refractivity contribution in [3.63, 3.8) is 0 Å². The number of nitrogens with zero attached hydrogens (tertiary/aromatic N) is 1. The van der Waals surface area contributed by atoms with Crippen molar-refractivity contribution in [1.82, 2.24) is 4.98 Å². The molecule has 0 saturated carbocycles. The van der Waals surface area contributed by atoms with Gasteiger partial charge in [0.1, 0.15) is 11.5 Å². The van der Waals surface area contributed by atoms with Crippen molar-refractivity contribution < 1.29 is 17.9 Å². The van der Waals surface area contributed by atoms with Crippen LogP contribution in [0.25, 0.3) is 0 Å². The molecule has 0 atom stereocenters. The fourth-order valence-corrected chi connectivity index (χ4v) is 4.48. The Morgan fingerprint density at radius 3 is 2.35 bits per heavy atom. The molecule has 4 rings (SSSR count). The lowest BCUT2D eigenvalue weighted by molar-refractivity contribution is 0.102. The van der Waals surface area contributed by atoms with Gasteiger partial charge in [-0.1, -0.05) is 24.3 Å².